The predicted octanol–water partition coefficient (Wildman–Crippen LogP) is 4.35. The van der Waals surface area contributed by atoms with Crippen LogP contribution in [0.2, 0.25) is 5.02 Å². The largest absolute Gasteiger partial charge is 0.381 e. The fourth-order valence-electron chi connectivity index (χ4n) is 4.30. The fourth-order valence-corrected chi connectivity index (χ4v) is 4.50. The summed E-state index contributed by atoms with van der Waals surface area (Å²) in [5.41, 5.74) is 1.49. The molecule has 2 saturated heterocycles. The highest BCUT2D eigenvalue weighted by atomic mass is 35.5. The van der Waals surface area contributed by atoms with Crippen LogP contribution in [0.15, 0.2) is 30.5 Å². The second-order valence-electron chi connectivity index (χ2n) is 8.67. The van der Waals surface area contributed by atoms with Gasteiger partial charge in [0.15, 0.2) is 0 Å². The highest BCUT2D eigenvalue weighted by molar-refractivity contribution is 6.33. The molecule has 7 nitrogen and oxygen atoms in total. The second kappa shape index (κ2) is 11.1. The Morgan fingerprint density at radius 1 is 1.22 bits per heavy atom. The molecular formula is C24H32ClN5O2. The first-order valence-corrected chi connectivity index (χ1v) is 12.0. The second-order valence-corrected chi connectivity index (χ2v) is 9.08. The van der Waals surface area contributed by atoms with Gasteiger partial charge in [-0.05, 0) is 56.2 Å². The van der Waals surface area contributed by atoms with E-state index in [1.807, 2.05) is 18.2 Å². The van der Waals surface area contributed by atoms with Gasteiger partial charge in [0, 0.05) is 44.1 Å². The minimum Gasteiger partial charge on any atom is -0.381 e. The molecule has 4 heterocycles. The molecule has 2 aromatic heterocycles. The van der Waals surface area contributed by atoms with Gasteiger partial charge in [-0.2, -0.15) is 0 Å². The van der Waals surface area contributed by atoms with Crippen LogP contribution in [0.1, 0.15) is 39.0 Å². The summed E-state index contributed by atoms with van der Waals surface area (Å²) in [5, 5.41) is 10.4. The molecule has 2 fully saturated rings. The lowest BCUT2D eigenvalue weighted by Gasteiger charge is -2.28. The van der Waals surface area contributed by atoms with Gasteiger partial charge >= 0.3 is 0 Å². The molecule has 0 aliphatic carbocycles. The zero-order chi connectivity index (χ0) is 22.3. The summed E-state index contributed by atoms with van der Waals surface area (Å²) >= 11 is 6.44. The van der Waals surface area contributed by atoms with Crippen LogP contribution in [0.25, 0.3) is 11.3 Å². The van der Waals surface area contributed by atoms with Crippen molar-refractivity contribution in [3.63, 3.8) is 0 Å². The molecule has 0 aromatic carbocycles. The molecule has 0 bridgehead atoms. The van der Waals surface area contributed by atoms with E-state index in [9.17, 15) is 4.79 Å². The van der Waals surface area contributed by atoms with E-state index in [0.29, 0.717) is 29.3 Å². The first-order valence-electron chi connectivity index (χ1n) is 11.6. The number of anilines is 2. The zero-order valence-corrected chi connectivity index (χ0v) is 19.3. The number of amides is 1. The van der Waals surface area contributed by atoms with Crippen LogP contribution in [0.5, 0.6) is 0 Å². The molecule has 2 atom stereocenters. The van der Waals surface area contributed by atoms with Crippen molar-refractivity contribution < 1.29 is 9.53 Å². The van der Waals surface area contributed by atoms with E-state index in [-0.39, 0.29) is 11.8 Å². The van der Waals surface area contributed by atoms with Crippen LogP contribution in [0, 0.1) is 11.8 Å². The summed E-state index contributed by atoms with van der Waals surface area (Å²) in [7, 11) is 0. The number of carbonyl (C=O) groups is 1. The molecule has 0 saturated carbocycles. The summed E-state index contributed by atoms with van der Waals surface area (Å²) < 4.78 is 5.43. The molecule has 8 heteroatoms. The average Bonchev–Trinajstić information content (AvgIpc) is 2.85. The number of ether oxygens (including phenoxy) is 1. The Morgan fingerprint density at radius 2 is 2.06 bits per heavy atom. The van der Waals surface area contributed by atoms with Crippen molar-refractivity contribution in [2.24, 2.45) is 11.8 Å². The lowest BCUT2D eigenvalue weighted by Crippen LogP contribution is -2.43. The number of hydrogen-bond acceptors (Lipinski definition) is 6. The Kier molecular flexibility index (Phi) is 7.95. The molecule has 172 valence electrons. The van der Waals surface area contributed by atoms with Gasteiger partial charge in [0.05, 0.1) is 16.6 Å². The Hall–Kier alpha value is -2.22. The van der Waals surface area contributed by atoms with Gasteiger partial charge < -0.3 is 20.7 Å². The number of pyridine rings is 2. The topological polar surface area (TPSA) is 88.2 Å². The molecule has 32 heavy (non-hydrogen) atoms. The van der Waals surface area contributed by atoms with Crippen molar-refractivity contribution in [2.75, 3.05) is 36.9 Å². The van der Waals surface area contributed by atoms with E-state index in [0.717, 1.165) is 68.9 Å². The molecule has 0 radical (unpaired) electrons. The van der Waals surface area contributed by atoms with Gasteiger partial charge in [-0.3, -0.25) is 4.79 Å². The van der Waals surface area contributed by atoms with Crippen LogP contribution < -0.4 is 16.0 Å². The first kappa shape index (κ1) is 23.0. The maximum Gasteiger partial charge on any atom is 0.229 e. The van der Waals surface area contributed by atoms with Crippen molar-refractivity contribution in [2.45, 2.75) is 45.1 Å². The normalized spacial score (nSPS) is 21.8. The summed E-state index contributed by atoms with van der Waals surface area (Å²) in [5.74, 6) is 1.85. The Labute approximate surface area is 194 Å². The van der Waals surface area contributed by atoms with Crippen LogP contribution in [0.3, 0.4) is 0 Å². The van der Waals surface area contributed by atoms with Gasteiger partial charge in [0.1, 0.15) is 11.6 Å². The van der Waals surface area contributed by atoms with Crippen molar-refractivity contribution in [3.8, 4) is 11.3 Å². The number of rotatable bonds is 7. The summed E-state index contributed by atoms with van der Waals surface area (Å²) in [6.45, 7) is 5.40. The van der Waals surface area contributed by atoms with Crippen molar-refractivity contribution in [1.82, 2.24) is 15.3 Å². The molecule has 2 aromatic rings. The lowest BCUT2D eigenvalue weighted by atomic mass is 9.93. The Balaban J connectivity index is 1.41. The minimum atomic E-state index is -0.0467. The summed E-state index contributed by atoms with van der Waals surface area (Å²) in [6, 6.07) is 8.15. The van der Waals surface area contributed by atoms with Crippen LogP contribution in [0.4, 0.5) is 11.6 Å². The lowest BCUT2D eigenvalue weighted by molar-refractivity contribution is -0.120. The molecule has 2 aliphatic rings. The zero-order valence-electron chi connectivity index (χ0n) is 18.6. The third kappa shape index (κ3) is 5.97. The third-order valence-electron chi connectivity index (χ3n) is 6.42. The standard InChI is InChI=1S/C24H32ClN5O2/c1-2-18-7-6-17(14-26-18)24(31)30-23-12-19(20(25)15-28-23)21-4-3-5-22(29-21)27-13-16-8-10-32-11-9-16/h3-5,12,15-18,26H,2,6-11,13-14H2,1H3,(H,27,29)(H,28,30,31). The van der Waals surface area contributed by atoms with E-state index in [1.165, 1.54) is 0 Å². The average molecular weight is 458 g/mol. The van der Waals surface area contributed by atoms with Crippen molar-refractivity contribution in [3.05, 3.63) is 35.5 Å². The van der Waals surface area contributed by atoms with Crippen LogP contribution in [-0.4, -0.2) is 48.2 Å². The molecule has 2 unspecified atom stereocenters. The van der Waals surface area contributed by atoms with E-state index < -0.39 is 0 Å². The highest BCUT2D eigenvalue weighted by Gasteiger charge is 2.25. The van der Waals surface area contributed by atoms with Crippen molar-refractivity contribution >= 4 is 29.1 Å². The first-order chi connectivity index (χ1) is 15.6. The molecule has 3 N–H and O–H groups in total. The number of hydrogen-bond donors (Lipinski definition) is 3. The van der Waals surface area contributed by atoms with Gasteiger partial charge in [0.25, 0.3) is 0 Å². The Morgan fingerprint density at radius 3 is 2.81 bits per heavy atom. The molecule has 1 amide bonds. The van der Waals surface area contributed by atoms with E-state index >= 15 is 0 Å². The molecule has 4 rings (SSSR count). The van der Waals surface area contributed by atoms with Gasteiger partial charge in [0.2, 0.25) is 5.91 Å². The maximum absolute atomic E-state index is 12.7. The van der Waals surface area contributed by atoms with E-state index in [4.69, 9.17) is 21.3 Å². The summed E-state index contributed by atoms with van der Waals surface area (Å²) in [4.78, 5) is 21.8. The number of piperidine rings is 1. The van der Waals surface area contributed by atoms with Crippen LogP contribution in [-0.2, 0) is 9.53 Å². The molecule has 0 spiro atoms. The minimum absolute atomic E-state index is 0.00679. The monoisotopic (exact) mass is 457 g/mol. The van der Waals surface area contributed by atoms with E-state index in [1.54, 1.807) is 12.3 Å². The predicted molar refractivity (Wildman–Crippen MR) is 128 cm³/mol. The maximum atomic E-state index is 12.7. The molecular weight excluding hydrogens is 426 g/mol. The number of carbonyl (C=O) groups excluding carboxylic acids is 1. The van der Waals surface area contributed by atoms with Crippen LogP contribution >= 0.6 is 11.6 Å². The van der Waals surface area contributed by atoms with Gasteiger partial charge in [-0.25, -0.2) is 9.97 Å². The molecule has 2 aliphatic heterocycles. The Bertz CT molecular complexity index is 911. The SMILES string of the molecule is CCC1CCC(C(=O)Nc2cc(-c3cccc(NCC4CCOCC4)n3)c(Cl)cn2)CN1. The third-order valence-corrected chi connectivity index (χ3v) is 6.73. The highest BCUT2D eigenvalue weighted by Crippen LogP contribution is 2.29. The van der Waals surface area contributed by atoms with Gasteiger partial charge in [-0.1, -0.05) is 24.6 Å². The fraction of sp³-hybridized carbons (Fsp3) is 0.542. The van der Waals surface area contributed by atoms with E-state index in [2.05, 4.69) is 27.9 Å². The summed E-state index contributed by atoms with van der Waals surface area (Å²) in [6.07, 6.45) is 6.71. The number of nitrogens with zero attached hydrogens (tertiary/aromatic N) is 2. The quantitative estimate of drug-likeness (QED) is 0.572. The van der Waals surface area contributed by atoms with Crippen molar-refractivity contribution in [1.29, 1.82) is 0 Å². The smallest absolute Gasteiger partial charge is 0.229 e. The number of nitrogens with one attached hydrogen (secondary N) is 3. The number of aromatic nitrogens is 2. The number of halogens is 1. The van der Waals surface area contributed by atoms with Gasteiger partial charge in [-0.15, -0.1) is 0 Å².